The van der Waals surface area contributed by atoms with E-state index in [1.54, 1.807) is 39.8 Å². The summed E-state index contributed by atoms with van der Waals surface area (Å²) in [7, 11) is -7.03. The fourth-order valence-corrected chi connectivity index (χ4v) is 4.93. The minimum atomic E-state index is -3.54. The molecule has 3 rings (SSSR count). The first-order valence-corrected chi connectivity index (χ1v) is 12.9. The van der Waals surface area contributed by atoms with Gasteiger partial charge in [-0.25, -0.2) is 16.8 Å². The molecule has 0 saturated carbocycles. The molecule has 0 unspecified atom stereocenters. The molecular weight excluding hydrogens is 454 g/mol. The summed E-state index contributed by atoms with van der Waals surface area (Å²) in [6, 6.07) is 11.5. The van der Waals surface area contributed by atoms with E-state index < -0.39 is 36.1 Å². The number of hydrogen-bond acceptors (Lipinski definition) is 8. The SMILES string of the molecule is CC(C)S(=O)(=O)c1cccc(C(=O)Nc2nnc(-c3cccc(S(=O)(=O)C(C)C)c3)o2)c1. The fourth-order valence-electron chi connectivity index (χ4n) is 2.72. The zero-order valence-electron chi connectivity index (χ0n) is 17.9. The average molecular weight is 478 g/mol. The van der Waals surface area contributed by atoms with Crippen molar-refractivity contribution < 1.29 is 26.0 Å². The first-order chi connectivity index (χ1) is 14.9. The van der Waals surface area contributed by atoms with Crippen molar-refractivity contribution in [3.63, 3.8) is 0 Å². The maximum atomic E-state index is 12.6. The van der Waals surface area contributed by atoms with Crippen molar-refractivity contribution in [1.29, 1.82) is 0 Å². The Hall–Kier alpha value is -3.05. The van der Waals surface area contributed by atoms with Crippen LogP contribution in [-0.2, 0) is 19.7 Å². The lowest BCUT2D eigenvalue weighted by atomic mass is 10.2. The summed E-state index contributed by atoms with van der Waals surface area (Å²) < 4.78 is 55.0. The maximum absolute atomic E-state index is 12.6. The second kappa shape index (κ2) is 8.83. The number of sulfone groups is 2. The van der Waals surface area contributed by atoms with E-state index in [9.17, 15) is 21.6 Å². The van der Waals surface area contributed by atoms with Gasteiger partial charge in [-0.05, 0) is 64.1 Å². The highest BCUT2D eigenvalue weighted by Crippen LogP contribution is 2.25. The Morgan fingerprint density at radius 2 is 1.41 bits per heavy atom. The molecule has 0 bridgehead atoms. The number of aromatic nitrogens is 2. The van der Waals surface area contributed by atoms with Gasteiger partial charge in [0.25, 0.3) is 5.91 Å². The van der Waals surface area contributed by atoms with Crippen LogP contribution >= 0.6 is 0 Å². The van der Waals surface area contributed by atoms with Crippen LogP contribution in [0.5, 0.6) is 0 Å². The normalized spacial score (nSPS) is 12.3. The van der Waals surface area contributed by atoms with Crippen LogP contribution in [0.15, 0.2) is 62.7 Å². The molecule has 2 aromatic carbocycles. The average Bonchev–Trinajstić information content (AvgIpc) is 3.22. The molecule has 1 N–H and O–H groups in total. The van der Waals surface area contributed by atoms with Gasteiger partial charge in [0.15, 0.2) is 19.7 Å². The van der Waals surface area contributed by atoms with Gasteiger partial charge < -0.3 is 4.42 Å². The Morgan fingerprint density at radius 1 is 0.844 bits per heavy atom. The lowest BCUT2D eigenvalue weighted by molar-refractivity contribution is 0.102. The van der Waals surface area contributed by atoms with E-state index in [4.69, 9.17) is 4.42 Å². The second-order valence-electron chi connectivity index (χ2n) is 7.61. The molecule has 3 aromatic rings. The molecule has 0 spiro atoms. The van der Waals surface area contributed by atoms with Crippen LogP contribution in [0.2, 0.25) is 0 Å². The molecule has 170 valence electrons. The minimum absolute atomic E-state index is 0.0252. The largest absolute Gasteiger partial charge is 0.403 e. The Morgan fingerprint density at radius 3 is 2.00 bits per heavy atom. The molecule has 1 amide bonds. The number of rotatable bonds is 7. The summed E-state index contributed by atoms with van der Waals surface area (Å²) in [6.07, 6.45) is 0. The van der Waals surface area contributed by atoms with Crippen LogP contribution < -0.4 is 5.32 Å². The smallest absolute Gasteiger partial charge is 0.322 e. The van der Waals surface area contributed by atoms with Crippen molar-refractivity contribution in [3.05, 3.63) is 54.1 Å². The van der Waals surface area contributed by atoms with Gasteiger partial charge in [0.1, 0.15) is 0 Å². The zero-order chi connectivity index (χ0) is 23.7. The highest BCUT2D eigenvalue weighted by molar-refractivity contribution is 7.92. The second-order valence-corrected chi connectivity index (χ2v) is 12.6. The molecule has 1 aromatic heterocycles. The summed E-state index contributed by atoms with van der Waals surface area (Å²) in [5.74, 6) is -0.602. The monoisotopic (exact) mass is 477 g/mol. The predicted molar refractivity (Wildman–Crippen MR) is 119 cm³/mol. The van der Waals surface area contributed by atoms with Crippen molar-refractivity contribution in [2.45, 2.75) is 48.0 Å². The number of benzene rings is 2. The van der Waals surface area contributed by atoms with E-state index in [1.807, 2.05) is 0 Å². The van der Waals surface area contributed by atoms with Crippen LogP contribution in [0.4, 0.5) is 6.01 Å². The summed E-state index contributed by atoms with van der Waals surface area (Å²) in [4.78, 5) is 12.7. The van der Waals surface area contributed by atoms with E-state index in [1.165, 1.54) is 36.4 Å². The first-order valence-electron chi connectivity index (χ1n) is 9.76. The zero-order valence-corrected chi connectivity index (χ0v) is 19.6. The van der Waals surface area contributed by atoms with E-state index in [0.29, 0.717) is 5.56 Å². The topological polar surface area (TPSA) is 136 Å². The summed E-state index contributed by atoms with van der Waals surface area (Å²) >= 11 is 0. The molecule has 0 aliphatic carbocycles. The van der Waals surface area contributed by atoms with Crippen molar-refractivity contribution >= 4 is 31.6 Å². The van der Waals surface area contributed by atoms with Gasteiger partial charge in [-0.1, -0.05) is 17.2 Å². The molecule has 1 heterocycles. The third-order valence-electron chi connectivity index (χ3n) is 4.72. The Labute approximate surface area is 186 Å². The highest BCUT2D eigenvalue weighted by atomic mass is 32.2. The summed E-state index contributed by atoms with van der Waals surface area (Å²) in [5.41, 5.74) is 0.487. The minimum Gasteiger partial charge on any atom is -0.403 e. The van der Waals surface area contributed by atoms with Crippen molar-refractivity contribution in [2.75, 3.05) is 5.32 Å². The van der Waals surface area contributed by atoms with Crippen molar-refractivity contribution in [1.82, 2.24) is 10.2 Å². The number of nitrogens with one attached hydrogen (secondary N) is 1. The Bertz CT molecular complexity index is 1360. The maximum Gasteiger partial charge on any atom is 0.322 e. The standard InChI is InChI=1S/C21H23N3O6S2/c1-13(2)31(26,27)17-9-5-7-15(11-17)19(25)22-21-24-23-20(30-21)16-8-6-10-18(12-16)32(28,29)14(3)4/h5-14H,1-4H3,(H,22,24,25). The number of carbonyl (C=O) groups excluding carboxylic acids is 1. The number of carbonyl (C=O) groups is 1. The van der Waals surface area contributed by atoms with Gasteiger partial charge >= 0.3 is 6.01 Å². The predicted octanol–water partition coefficient (Wildman–Crippen LogP) is 3.35. The molecule has 0 atom stereocenters. The molecule has 9 nitrogen and oxygen atoms in total. The van der Waals surface area contributed by atoms with E-state index in [0.717, 1.165) is 0 Å². The molecule has 0 radical (unpaired) electrons. The van der Waals surface area contributed by atoms with Crippen molar-refractivity contribution in [2.24, 2.45) is 0 Å². The molecular formula is C21H23N3O6S2. The van der Waals surface area contributed by atoms with E-state index in [2.05, 4.69) is 15.5 Å². The van der Waals surface area contributed by atoms with Crippen LogP contribution in [0.25, 0.3) is 11.5 Å². The van der Waals surface area contributed by atoms with E-state index >= 15 is 0 Å². The summed E-state index contributed by atoms with van der Waals surface area (Å²) in [6.45, 7) is 6.29. The van der Waals surface area contributed by atoms with Gasteiger partial charge in [0, 0.05) is 11.1 Å². The van der Waals surface area contributed by atoms with Crippen LogP contribution in [0.1, 0.15) is 38.1 Å². The third kappa shape index (κ3) is 4.73. The van der Waals surface area contributed by atoms with Crippen LogP contribution in [0.3, 0.4) is 0 Å². The Balaban J connectivity index is 1.83. The van der Waals surface area contributed by atoms with Gasteiger partial charge in [0.05, 0.1) is 20.3 Å². The molecule has 0 saturated heterocycles. The van der Waals surface area contributed by atoms with E-state index in [-0.39, 0.29) is 27.3 Å². The van der Waals surface area contributed by atoms with Crippen molar-refractivity contribution in [3.8, 4) is 11.5 Å². The number of amides is 1. The van der Waals surface area contributed by atoms with Crippen LogP contribution in [0, 0.1) is 0 Å². The van der Waals surface area contributed by atoms with Crippen LogP contribution in [-0.4, -0.2) is 43.4 Å². The molecule has 11 heteroatoms. The quantitative estimate of drug-likeness (QED) is 0.547. The van der Waals surface area contributed by atoms with Gasteiger partial charge in [-0.3, -0.25) is 10.1 Å². The lowest BCUT2D eigenvalue weighted by Gasteiger charge is -2.09. The molecule has 0 fully saturated rings. The van der Waals surface area contributed by atoms with Gasteiger partial charge in [-0.2, -0.15) is 0 Å². The van der Waals surface area contributed by atoms with Gasteiger partial charge in [-0.15, -0.1) is 5.10 Å². The third-order valence-corrected chi connectivity index (χ3v) is 9.03. The number of hydrogen-bond donors (Lipinski definition) is 1. The Kier molecular flexibility index (Phi) is 6.51. The van der Waals surface area contributed by atoms with Gasteiger partial charge in [0.2, 0.25) is 5.89 Å². The molecule has 32 heavy (non-hydrogen) atoms. The highest BCUT2D eigenvalue weighted by Gasteiger charge is 2.22. The fraction of sp³-hybridized carbons (Fsp3) is 0.286. The molecule has 0 aliphatic rings. The number of nitrogens with zero attached hydrogens (tertiary/aromatic N) is 2. The lowest BCUT2D eigenvalue weighted by Crippen LogP contribution is -2.16. The number of anilines is 1. The summed E-state index contributed by atoms with van der Waals surface area (Å²) in [5, 5.41) is 8.83. The molecule has 0 aliphatic heterocycles. The first kappa shape index (κ1) is 23.6.